The highest BCUT2D eigenvalue weighted by molar-refractivity contribution is 7.92. The Hall–Kier alpha value is -1.55. The molecule has 0 spiro atoms. The molecule has 0 aliphatic carbocycles. The number of hydrogen-bond donors (Lipinski definition) is 1. The molecule has 1 N–H and O–H groups in total. The lowest BCUT2D eigenvalue weighted by molar-refractivity contribution is 0.591. The third-order valence-electron chi connectivity index (χ3n) is 3.01. The van der Waals surface area contributed by atoms with E-state index in [4.69, 9.17) is 0 Å². The lowest BCUT2D eigenvalue weighted by Gasteiger charge is -2.19. The maximum absolute atomic E-state index is 11.2. The largest absolute Gasteiger partial charge is 0.284 e. The van der Waals surface area contributed by atoms with E-state index >= 15 is 0 Å². The first kappa shape index (κ1) is 13.9. The van der Waals surface area contributed by atoms with Crippen LogP contribution in [0.4, 0.5) is 5.69 Å². The van der Waals surface area contributed by atoms with E-state index in [-0.39, 0.29) is 5.41 Å². The van der Waals surface area contributed by atoms with Crippen molar-refractivity contribution >= 4 is 26.5 Å². The third-order valence-corrected chi connectivity index (χ3v) is 3.62. The van der Waals surface area contributed by atoms with Crippen molar-refractivity contribution in [2.75, 3.05) is 11.0 Å². The number of fused-ring (bicyclic) bond motifs is 1. The summed E-state index contributed by atoms with van der Waals surface area (Å²) < 4.78 is 24.9. The molecule has 0 aliphatic heterocycles. The van der Waals surface area contributed by atoms with Crippen LogP contribution in [0.1, 0.15) is 26.3 Å². The van der Waals surface area contributed by atoms with Crippen molar-refractivity contribution < 1.29 is 8.42 Å². The number of rotatable bonds is 2. The van der Waals surface area contributed by atoms with E-state index < -0.39 is 10.0 Å². The van der Waals surface area contributed by atoms with Crippen molar-refractivity contribution in [3.8, 4) is 0 Å². The van der Waals surface area contributed by atoms with Gasteiger partial charge in [-0.2, -0.15) is 0 Å². The fraction of sp³-hybridized carbons (Fsp3) is 0.333. The van der Waals surface area contributed by atoms with Gasteiger partial charge in [-0.15, -0.1) is 0 Å². The molecule has 0 saturated heterocycles. The Bertz CT molecular complexity index is 712. The summed E-state index contributed by atoms with van der Waals surface area (Å²) in [5.41, 5.74) is 1.97. The normalized spacial score (nSPS) is 12.6. The van der Waals surface area contributed by atoms with Gasteiger partial charge in [-0.3, -0.25) is 4.72 Å². The molecule has 0 aliphatic rings. The minimum Gasteiger partial charge on any atom is -0.284 e. The van der Waals surface area contributed by atoms with Gasteiger partial charge in [-0.25, -0.2) is 8.42 Å². The highest BCUT2D eigenvalue weighted by Gasteiger charge is 2.13. The predicted molar refractivity (Wildman–Crippen MR) is 81.1 cm³/mol. The summed E-state index contributed by atoms with van der Waals surface area (Å²) in [7, 11) is -3.23. The summed E-state index contributed by atoms with van der Waals surface area (Å²) >= 11 is 0. The van der Waals surface area contributed by atoms with Crippen LogP contribution in [-0.4, -0.2) is 14.7 Å². The second-order valence-corrected chi connectivity index (χ2v) is 7.65. The van der Waals surface area contributed by atoms with Crippen LogP contribution in [0.25, 0.3) is 10.8 Å². The molecule has 2 aromatic carbocycles. The molecule has 0 unspecified atom stereocenters. The van der Waals surface area contributed by atoms with E-state index in [2.05, 4.69) is 37.6 Å². The zero-order valence-corrected chi connectivity index (χ0v) is 12.5. The van der Waals surface area contributed by atoms with Gasteiger partial charge in [0.25, 0.3) is 0 Å². The molecule has 0 amide bonds. The van der Waals surface area contributed by atoms with Gasteiger partial charge in [-0.1, -0.05) is 45.0 Å². The third kappa shape index (κ3) is 3.47. The molecule has 102 valence electrons. The summed E-state index contributed by atoms with van der Waals surface area (Å²) in [6.45, 7) is 6.52. The minimum atomic E-state index is -3.23. The lowest BCUT2D eigenvalue weighted by atomic mass is 9.86. The molecule has 0 radical (unpaired) electrons. The Kier molecular flexibility index (Phi) is 3.31. The van der Waals surface area contributed by atoms with Crippen LogP contribution < -0.4 is 4.72 Å². The van der Waals surface area contributed by atoms with E-state index in [9.17, 15) is 8.42 Å². The minimum absolute atomic E-state index is 0.109. The molecule has 0 bridgehead atoms. The number of sulfonamides is 1. The van der Waals surface area contributed by atoms with Gasteiger partial charge in [0.2, 0.25) is 10.0 Å². The molecule has 0 aromatic heterocycles. The van der Waals surface area contributed by atoms with Gasteiger partial charge in [0.1, 0.15) is 0 Å². The molecule has 4 heteroatoms. The van der Waals surface area contributed by atoms with Crippen LogP contribution in [0.2, 0.25) is 0 Å². The van der Waals surface area contributed by atoms with E-state index in [1.807, 2.05) is 18.2 Å². The van der Waals surface area contributed by atoms with Gasteiger partial charge >= 0.3 is 0 Å². The van der Waals surface area contributed by atoms with Gasteiger partial charge in [0, 0.05) is 5.69 Å². The summed E-state index contributed by atoms with van der Waals surface area (Å²) in [5, 5.41) is 2.15. The topological polar surface area (TPSA) is 46.2 Å². The number of anilines is 1. The van der Waals surface area contributed by atoms with Crippen molar-refractivity contribution in [3.63, 3.8) is 0 Å². The zero-order chi connectivity index (χ0) is 14.3. The van der Waals surface area contributed by atoms with Crippen LogP contribution in [0.5, 0.6) is 0 Å². The highest BCUT2D eigenvalue weighted by Crippen LogP contribution is 2.27. The fourth-order valence-corrected chi connectivity index (χ4v) is 2.54. The smallest absolute Gasteiger partial charge is 0.229 e. The molecule has 0 fully saturated rings. The Balaban J connectivity index is 2.46. The van der Waals surface area contributed by atoms with Gasteiger partial charge in [-0.05, 0) is 33.9 Å². The Morgan fingerprint density at radius 1 is 0.947 bits per heavy atom. The molecule has 0 atom stereocenters. The number of benzene rings is 2. The van der Waals surface area contributed by atoms with Crippen molar-refractivity contribution in [3.05, 3.63) is 42.0 Å². The van der Waals surface area contributed by atoms with E-state index in [0.717, 1.165) is 17.0 Å². The van der Waals surface area contributed by atoms with Crippen LogP contribution >= 0.6 is 0 Å². The van der Waals surface area contributed by atoms with Crippen molar-refractivity contribution in [2.45, 2.75) is 26.2 Å². The fourth-order valence-electron chi connectivity index (χ4n) is 1.99. The van der Waals surface area contributed by atoms with E-state index in [1.165, 1.54) is 5.56 Å². The van der Waals surface area contributed by atoms with Crippen LogP contribution in [0.3, 0.4) is 0 Å². The molecular formula is C15H19NO2S. The van der Waals surface area contributed by atoms with Crippen LogP contribution in [-0.2, 0) is 15.4 Å². The zero-order valence-electron chi connectivity index (χ0n) is 11.7. The van der Waals surface area contributed by atoms with Crippen LogP contribution in [0.15, 0.2) is 36.4 Å². The molecule has 19 heavy (non-hydrogen) atoms. The maximum atomic E-state index is 11.2. The quantitative estimate of drug-likeness (QED) is 0.913. The van der Waals surface area contributed by atoms with Gasteiger partial charge < -0.3 is 0 Å². The average molecular weight is 277 g/mol. The Morgan fingerprint density at radius 3 is 2.11 bits per heavy atom. The molecule has 0 saturated carbocycles. The molecule has 3 nitrogen and oxygen atoms in total. The molecule has 0 heterocycles. The van der Waals surface area contributed by atoms with E-state index in [0.29, 0.717) is 5.69 Å². The second kappa shape index (κ2) is 4.53. The SMILES string of the molecule is CC(C)(C)c1ccc2cc(NS(C)(=O)=O)ccc2c1. The van der Waals surface area contributed by atoms with Crippen molar-refractivity contribution in [1.29, 1.82) is 0 Å². The first-order chi connectivity index (χ1) is 8.65. The maximum Gasteiger partial charge on any atom is 0.229 e. The van der Waals surface area contributed by atoms with E-state index in [1.54, 1.807) is 6.07 Å². The predicted octanol–water partition coefficient (Wildman–Crippen LogP) is 3.51. The summed E-state index contributed by atoms with van der Waals surface area (Å²) in [5.74, 6) is 0. The monoisotopic (exact) mass is 277 g/mol. The number of hydrogen-bond acceptors (Lipinski definition) is 2. The first-order valence-electron chi connectivity index (χ1n) is 6.17. The van der Waals surface area contributed by atoms with Gasteiger partial charge in [0.15, 0.2) is 0 Å². The summed E-state index contributed by atoms with van der Waals surface area (Å²) in [4.78, 5) is 0. The Labute approximate surface area is 114 Å². The first-order valence-corrected chi connectivity index (χ1v) is 8.06. The second-order valence-electron chi connectivity index (χ2n) is 5.90. The molecule has 2 aromatic rings. The summed E-state index contributed by atoms with van der Waals surface area (Å²) in [6, 6.07) is 11.9. The lowest BCUT2D eigenvalue weighted by Crippen LogP contribution is -2.11. The number of nitrogens with one attached hydrogen (secondary N) is 1. The highest BCUT2D eigenvalue weighted by atomic mass is 32.2. The van der Waals surface area contributed by atoms with Gasteiger partial charge in [0.05, 0.1) is 6.26 Å². The molecule has 2 rings (SSSR count). The van der Waals surface area contributed by atoms with Crippen LogP contribution in [0, 0.1) is 0 Å². The van der Waals surface area contributed by atoms with Crippen molar-refractivity contribution in [2.24, 2.45) is 0 Å². The summed E-state index contributed by atoms with van der Waals surface area (Å²) in [6.07, 6.45) is 1.15. The molecular weight excluding hydrogens is 258 g/mol. The average Bonchev–Trinajstić information content (AvgIpc) is 2.24. The Morgan fingerprint density at radius 2 is 1.53 bits per heavy atom. The van der Waals surface area contributed by atoms with Crippen molar-refractivity contribution in [1.82, 2.24) is 0 Å². The standard InChI is InChI=1S/C15H19NO2S/c1-15(2,3)13-7-5-12-10-14(16-19(4,17)18)8-6-11(12)9-13/h5-10,16H,1-4H3.